The van der Waals surface area contributed by atoms with Crippen molar-refractivity contribution in [2.75, 3.05) is 25.6 Å². The summed E-state index contributed by atoms with van der Waals surface area (Å²) < 4.78 is 4.95. The van der Waals surface area contributed by atoms with Gasteiger partial charge in [-0.05, 0) is 18.6 Å². The molecule has 0 radical (unpaired) electrons. The summed E-state index contributed by atoms with van der Waals surface area (Å²) in [5, 5.41) is 5.92. The molecule has 2 N–H and O–H groups in total. The highest BCUT2D eigenvalue weighted by Crippen LogP contribution is 2.12. The van der Waals surface area contributed by atoms with E-state index in [9.17, 15) is 4.79 Å². The normalized spacial score (nSPS) is 11.7. The molecule has 116 valence electrons. The van der Waals surface area contributed by atoms with Crippen LogP contribution in [0.5, 0.6) is 0 Å². The third kappa shape index (κ3) is 4.53. The van der Waals surface area contributed by atoms with Gasteiger partial charge in [0.15, 0.2) is 0 Å². The van der Waals surface area contributed by atoms with Crippen molar-refractivity contribution in [1.29, 1.82) is 0 Å². The number of amides is 1. The van der Waals surface area contributed by atoms with Gasteiger partial charge in [0.2, 0.25) is 5.95 Å². The van der Waals surface area contributed by atoms with Crippen molar-refractivity contribution in [3.8, 4) is 0 Å². The van der Waals surface area contributed by atoms with E-state index in [4.69, 9.17) is 4.74 Å². The molecule has 1 unspecified atom stereocenters. The number of methoxy groups -OCH3 is 1. The third-order valence-corrected chi connectivity index (χ3v) is 3.12. The van der Waals surface area contributed by atoms with E-state index in [2.05, 4.69) is 20.6 Å². The van der Waals surface area contributed by atoms with Gasteiger partial charge in [0.05, 0.1) is 12.6 Å². The quantitative estimate of drug-likeness (QED) is 0.765. The molecular weight excluding hydrogens is 280 g/mol. The maximum Gasteiger partial charge on any atom is 0.270 e. The van der Waals surface area contributed by atoms with Gasteiger partial charge in [0, 0.05) is 19.9 Å². The van der Waals surface area contributed by atoms with Crippen molar-refractivity contribution in [3.05, 3.63) is 53.9 Å². The second kappa shape index (κ2) is 8.09. The lowest BCUT2D eigenvalue weighted by atomic mass is 10.1. The number of nitrogens with zero attached hydrogens (tertiary/aromatic N) is 2. The molecule has 2 aromatic rings. The number of hydrogen-bond donors (Lipinski definition) is 2. The SMILES string of the molecule is COCCNc1nccc(C(=O)NC(C)c2ccccc2)n1. The molecule has 0 spiro atoms. The zero-order valence-electron chi connectivity index (χ0n) is 12.7. The Balaban J connectivity index is 1.98. The zero-order chi connectivity index (χ0) is 15.8. The van der Waals surface area contributed by atoms with Gasteiger partial charge in [-0.3, -0.25) is 4.79 Å². The van der Waals surface area contributed by atoms with E-state index < -0.39 is 0 Å². The number of hydrogen-bond acceptors (Lipinski definition) is 5. The molecular formula is C16H20N4O2. The summed E-state index contributed by atoms with van der Waals surface area (Å²) in [6.45, 7) is 3.07. The molecule has 0 aliphatic rings. The predicted molar refractivity (Wildman–Crippen MR) is 84.7 cm³/mol. The Morgan fingerprint density at radius 3 is 2.77 bits per heavy atom. The summed E-state index contributed by atoms with van der Waals surface area (Å²) >= 11 is 0. The summed E-state index contributed by atoms with van der Waals surface area (Å²) in [6, 6.07) is 11.3. The first-order chi connectivity index (χ1) is 10.7. The van der Waals surface area contributed by atoms with E-state index in [1.165, 1.54) is 0 Å². The number of anilines is 1. The molecule has 0 saturated carbocycles. The Kier molecular flexibility index (Phi) is 5.85. The smallest absolute Gasteiger partial charge is 0.270 e. The summed E-state index contributed by atoms with van der Waals surface area (Å²) in [5.74, 6) is 0.186. The van der Waals surface area contributed by atoms with Crippen LogP contribution in [0.25, 0.3) is 0 Å². The summed E-state index contributed by atoms with van der Waals surface area (Å²) in [6.07, 6.45) is 1.56. The number of benzene rings is 1. The fraction of sp³-hybridized carbons (Fsp3) is 0.312. The van der Waals surface area contributed by atoms with Crippen LogP contribution < -0.4 is 10.6 Å². The second-order valence-corrected chi connectivity index (χ2v) is 4.79. The first-order valence-corrected chi connectivity index (χ1v) is 7.12. The van der Waals surface area contributed by atoms with Crippen LogP contribution in [0.4, 0.5) is 5.95 Å². The zero-order valence-corrected chi connectivity index (χ0v) is 12.7. The Morgan fingerprint density at radius 1 is 1.27 bits per heavy atom. The van der Waals surface area contributed by atoms with Crippen LogP contribution in [-0.4, -0.2) is 36.1 Å². The molecule has 1 atom stereocenters. The molecule has 0 bridgehead atoms. The molecule has 0 saturated heterocycles. The van der Waals surface area contributed by atoms with E-state index in [1.807, 2.05) is 37.3 Å². The molecule has 2 rings (SSSR count). The Labute approximate surface area is 129 Å². The Morgan fingerprint density at radius 2 is 2.05 bits per heavy atom. The maximum absolute atomic E-state index is 12.3. The molecule has 1 amide bonds. The summed E-state index contributed by atoms with van der Waals surface area (Å²) in [5.41, 5.74) is 1.38. The Hall–Kier alpha value is -2.47. The largest absolute Gasteiger partial charge is 0.383 e. The van der Waals surface area contributed by atoms with Gasteiger partial charge < -0.3 is 15.4 Å². The van der Waals surface area contributed by atoms with Gasteiger partial charge in [-0.1, -0.05) is 30.3 Å². The van der Waals surface area contributed by atoms with E-state index in [0.29, 0.717) is 24.8 Å². The van der Waals surface area contributed by atoms with Crippen molar-refractivity contribution in [3.63, 3.8) is 0 Å². The average Bonchev–Trinajstić information content (AvgIpc) is 2.56. The average molecular weight is 300 g/mol. The minimum atomic E-state index is -0.228. The molecule has 0 aliphatic carbocycles. The molecule has 0 aliphatic heterocycles. The fourth-order valence-corrected chi connectivity index (χ4v) is 1.93. The number of carbonyl (C=O) groups is 1. The Bertz CT molecular complexity index is 604. The molecule has 1 aromatic heterocycles. The summed E-state index contributed by atoms with van der Waals surface area (Å²) in [4.78, 5) is 20.5. The number of aromatic nitrogens is 2. The topological polar surface area (TPSA) is 76.1 Å². The summed E-state index contributed by atoms with van der Waals surface area (Å²) in [7, 11) is 1.62. The van der Waals surface area contributed by atoms with Gasteiger partial charge in [-0.2, -0.15) is 0 Å². The highest BCUT2D eigenvalue weighted by atomic mass is 16.5. The molecule has 1 heterocycles. The van der Waals surface area contributed by atoms with Crippen LogP contribution in [-0.2, 0) is 4.74 Å². The van der Waals surface area contributed by atoms with Gasteiger partial charge in [-0.15, -0.1) is 0 Å². The standard InChI is InChI=1S/C16H20N4O2/c1-12(13-6-4-3-5-7-13)19-15(21)14-8-9-17-16(20-14)18-10-11-22-2/h3-9,12H,10-11H2,1-2H3,(H,19,21)(H,17,18,20). The van der Waals surface area contributed by atoms with Gasteiger partial charge in [0.25, 0.3) is 5.91 Å². The minimum absolute atomic E-state index is 0.0893. The van der Waals surface area contributed by atoms with Crippen molar-refractivity contribution in [2.24, 2.45) is 0 Å². The lowest BCUT2D eigenvalue weighted by Crippen LogP contribution is -2.27. The van der Waals surface area contributed by atoms with E-state index in [1.54, 1.807) is 19.4 Å². The number of ether oxygens (including phenoxy) is 1. The van der Waals surface area contributed by atoms with E-state index >= 15 is 0 Å². The van der Waals surface area contributed by atoms with Gasteiger partial charge >= 0.3 is 0 Å². The van der Waals surface area contributed by atoms with Crippen molar-refractivity contribution in [2.45, 2.75) is 13.0 Å². The van der Waals surface area contributed by atoms with Crippen LogP contribution in [0.1, 0.15) is 29.0 Å². The number of rotatable bonds is 7. The van der Waals surface area contributed by atoms with Crippen LogP contribution in [0.15, 0.2) is 42.6 Å². The first kappa shape index (κ1) is 15.9. The predicted octanol–water partition coefficient (Wildman–Crippen LogP) is 2.03. The van der Waals surface area contributed by atoms with Crippen LogP contribution in [0, 0.1) is 0 Å². The first-order valence-electron chi connectivity index (χ1n) is 7.12. The van der Waals surface area contributed by atoms with E-state index in [0.717, 1.165) is 5.56 Å². The van der Waals surface area contributed by atoms with Crippen LogP contribution in [0.2, 0.25) is 0 Å². The molecule has 6 nitrogen and oxygen atoms in total. The monoisotopic (exact) mass is 300 g/mol. The lowest BCUT2D eigenvalue weighted by molar-refractivity contribution is 0.0935. The van der Waals surface area contributed by atoms with Crippen molar-refractivity contribution >= 4 is 11.9 Å². The third-order valence-electron chi connectivity index (χ3n) is 3.12. The fourth-order valence-electron chi connectivity index (χ4n) is 1.93. The number of carbonyl (C=O) groups excluding carboxylic acids is 1. The molecule has 1 aromatic carbocycles. The van der Waals surface area contributed by atoms with Gasteiger partial charge in [0.1, 0.15) is 5.69 Å². The van der Waals surface area contributed by atoms with Crippen LogP contribution >= 0.6 is 0 Å². The van der Waals surface area contributed by atoms with Crippen molar-refractivity contribution in [1.82, 2.24) is 15.3 Å². The van der Waals surface area contributed by atoms with Crippen LogP contribution in [0.3, 0.4) is 0 Å². The second-order valence-electron chi connectivity index (χ2n) is 4.79. The minimum Gasteiger partial charge on any atom is -0.383 e. The van der Waals surface area contributed by atoms with Gasteiger partial charge in [-0.25, -0.2) is 9.97 Å². The maximum atomic E-state index is 12.3. The van der Waals surface area contributed by atoms with Crippen molar-refractivity contribution < 1.29 is 9.53 Å². The highest BCUT2D eigenvalue weighted by Gasteiger charge is 2.13. The molecule has 6 heteroatoms. The number of nitrogens with one attached hydrogen (secondary N) is 2. The molecule has 0 fully saturated rings. The highest BCUT2D eigenvalue weighted by molar-refractivity contribution is 5.92. The lowest BCUT2D eigenvalue weighted by Gasteiger charge is -2.14. The molecule has 22 heavy (non-hydrogen) atoms. The van der Waals surface area contributed by atoms with E-state index in [-0.39, 0.29) is 11.9 Å².